The van der Waals surface area contributed by atoms with Crippen LogP contribution in [0.15, 0.2) is 51.7 Å². The average Bonchev–Trinajstić information content (AvgIpc) is 3.18. The molecule has 0 spiro atoms. The first kappa shape index (κ1) is 27.2. The maximum atomic E-state index is 12.9. The van der Waals surface area contributed by atoms with Crippen molar-refractivity contribution in [3.8, 4) is 17.2 Å². The number of benzene rings is 2. The summed E-state index contributed by atoms with van der Waals surface area (Å²) in [5, 5.41) is 15.8. The minimum Gasteiger partial charge on any atom is -0.408 e. The van der Waals surface area contributed by atoms with Gasteiger partial charge in [-0.2, -0.15) is 5.26 Å². The van der Waals surface area contributed by atoms with Crippen LogP contribution in [0.25, 0.3) is 22.2 Å². The highest BCUT2D eigenvalue weighted by Crippen LogP contribution is 2.24. The lowest BCUT2D eigenvalue weighted by atomic mass is 9.95. The van der Waals surface area contributed by atoms with Gasteiger partial charge in [0.2, 0.25) is 5.91 Å². The van der Waals surface area contributed by atoms with Crippen molar-refractivity contribution >= 4 is 17.0 Å². The normalized spacial score (nSPS) is 13.8. The second-order valence-corrected chi connectivity index (χ2v) is 9.75. The van der Waals surface area contributed by atoms with Gasteiger partial charge in [0.05, 0.1) is 17.5 Å². The van der Waals surface area contributed by atoms with Crippen LogP contribution in [0.1, 0.15) is 51.5 Å². The monoisotopic (exact) mass is 490 g/mol. The molecule has 0 aliphatic carbocycles. The molecule has 36 heavy (non-hydrogen) atoms. The molecule has 0 fully saturated rings. The molecule has 7 nitrogen and oxygen atoms in total. The zero-order chi connectivity index (χ0) is 26.1. The molecular weight excluding hydrogens is 452 g/mol. The van der Waals surface area contributed by atoms with E-state index in [1.165, 1.54) is 17.4 Å². The summed E-state index contributed by atoms with van der Waals surface area (Å²) in [5.41, 5.74) is 4.24. The number of hydrogen-bond donors (Lipinski definition) is 2. The van der Waals surface area contributed by atoms with Crippen LogP contribution in [0.5, 0.6) is 0 Å². The standard InChI is InChI=1S/C29H38N4O3/c1-5-20(2)8-6-7-9-24(19-31-3)28(34)32-25(18-30)16-21-10-12-22(13-11-21)23-14-15-27-26(17-23)33(4)29(35)36-27/h10-15,17,20,24-25,31H,5-9,16,19H2,1-4H3,(H,32,34)/t20?,24?,25-/m0/s1. The third-order valence-corrected chi connectivity index (χ3v) is 7.01. The minimum absolute atomic E-state index is 0.0601. The fourth-order valence-electron chi connectivity index (χ4n) is 4.45. The van der Waals surface area contributed by atoms with Gasteiger partial charge < -0.3 is 15.1 Å². The highest BCUT2D eigenvalue weighted by Gasteiger charge is 2.21. The number of nitriles is 1. The fraction of sp³-hybridized carbons (Fsp3) is 0.483. The van der Waals surface area contributed by atoms with Crippen molar-refractivity contribution in [2.45, 2.75) is 58.4 Å². The largest absolute Gasteiger partial charge is 0.419 e. The molecule has 3 rings (SSSR count). The summed E-state index contributed by atoms with van der Waals surface area (Å²) in [4.78, 5) is 24.7. The van der Waals surface area contributed by atoms with Crippen LogP contribution in [-0.2, 0) is 18.3 Å². The Kier molecular flexibility index (Phi) is 9.89. The molecule has 3 atom stereocenters. The van der Waals surface area contributed by atoms with Crippen LogP contribution in [0, 0.1) is 23.2 Å². The zero-order valence-corrected chi connectivity index (χ0v) is 21.8. The molecule has 0 aliphatic rings. The number of unbranched alkanes of at least 4 members (excludes halogenated alkanes) is 1. The number of carbonyl (C=O) groups excluding carboxylic acids is 1. The van der Waals surface area contributed by atoms with Crippen molar-refractivity contribution < 1.29 is 9.21 Å². The summed E-state index contributed by atoms with van der Waals surface area (Å²) in [6, 6.07) is 15.2. The molecular formula is C29H38N4O3. The summed E-state index contributed by atoms with van der Waals surface area (Å²) in [7, 11) is 3.54. The van der Waals surface area contributed by atoms with E-state index in [-0.39, 0.29) is 17.6 Å². The topological polar surface area (TPSA) is 100 Å². The number of carbonyl (C=O) groups is 1. The van der Waals surface area contributed by atoms with Crippen molar-refractivity contribution in [1.82, 2.24) is 15.2 Å². The predicted molar refractivity (Wildman–Crippen MR) is 143 cm³/mol. The van der Waals surface area contributed by atoms with E-state index in [0.29, 0.717) is 18.5 Å². The predicted octanol–water partition coefficient (Wildman–Crippen LogP) is 4.79. The summed E-state index contributed by atoms with van der Waals surface area (Å²) in [6.07, 6.45) is 5.78. The van der Waals surface area contributed by atoms with Crippen LogP contribution >= 0.6 is 0 Å². The maximum Gasteiger partial charge on any atom is 0.419 e. The molecule has 0 aliphatic heterocycles. The number of rotatable bonds is 13. The lowest BCUT2D eigenvalue weighted by molar-refractivity contribution is -0.125. The number of amides is 1. The van der Waals surface area contributed by atoms with Gasteiger partial charge in [-0.1, -0.05) is 69.9 Å². The molecule has 192 valence electrons. The summed E-state index contributed by atoms with van der Waals surface area (Å²) in [6.45, 7) is 5.08. The molecule has 0 radical (unpaired) electrons. The summed E-state index contributed by atoms with van der Waals surface area (Å²) in [5.74, 6) is 0.136. The number of fused-ring (bicyclic) bond motifs is 1. The first-order valence-corrected chi connectivity index (χ1v) is 12.9. The summed E-state index contributed by atoms with van der Waals surface area (Å²) < 4.78 is 6.69. The van der Waals surface area contributed by atoms with Crippen molar-refractivity contribution in [3.05, 3.63) is 58.6 Å². The first-order valence-electron chi connectivity index (χ1n) is 12.9. The van der Waals surface area contributed by atoms with E-state index >= 15 is 0 Å². The quantitative estimate of drug-likeness (QED) is 0.336. The Hall–Kier alpha value is -3.37. The van der Waals surface area contributed by atoms with Crippen LogP contribution in [0.4, 0.5) is 0 Å². The van der Waals surface area contributed by atoms with Gasteiger partial charge >= 0.3 is 5.76 Å². The van der Waals surface area contributed by atoms with E-state index in [2.05, 4.69) is 30.6 Å². The highest BCUT2D eigenvalue weighted by atomic mass is 16.4. The molecule has 2 unspecified atom stereocenters. The van der Waals surface area contributed by atoms with Crippen LogP contribution in [0.3, 0.4) is 0 Å². The number of nitrogens with one attached hydrogen (secondary N) is 2. The fourth-order valence-corrected chi connectivity index (χ4v) is 4.45. The van der Waals surface area contributed by atoms with Gasteiger partial charge in [-0.05, 0) is 48.2 Å². The number of aromatic nitrogens is 1. The van der Waals surface area contributed by atoms with E-state index in [1.807, 2.05) is 43.4 Å². The number of nitrogens with zero attached hydrogens (tertiary/aromatic N) is 2. The van der Waals surface area contributed by atoms with Gasteiger partial charge in [0.15, 0.2) is 5.58 Å². The Morgan fingerprint density at radius 1 is 1.11 bits per heavy atom. The molecule has 1 heterocycles. The van der Waals surface area contributed by atoms with E-state index in [1.54, 1.807) is 13.1 Å². The summed E-state index contributed by atoms with van der Waals surface area (Å²) >= 11 is 0. The molecule has 2 N–H and O–H groups in total. The van der Waals surface area contributed by atoms with Gasteiger partial charge in [0, 0.05) is 20.0 Å². The Morgan fingerprint density at radius 3 is 2.47 bits per heavy atom. The molecule has 0 saturated carbocycles. The number of hydrogen-bond acceptors (Lipinski definition) is 5. The first-order chi connectivity index (χ1) is 17.4. The van der Waals surface area contributed by atoms with Gasteiger partial charge in [0.25, 0.3) is 0 Å². The highest BCUT2D eigenvalue weighted by molar-refractivity contribution is 5.81. The van der Waals surface area contributed by atoms with Gasteiger partial charge in [-0.15, -0.1) is 0 Å². The Labute approximate surface area is 213 Å². The van der Waals surface area contributed by atoms with Gasteiger partial charge in [0.1, 0.15) is 6.04 Å². The second kappa shape index (κ2) is 13.1. The van der Waals surface area contributed by atoms with Crippen molar-refractivity contribution in [3.63, 3.8) is 0 Å². The molecule has 0 bridgehead atoms. The number of aryl methyl sites for hydroxylation is 1. The van der Waals surface area contributed by atoms with Gasteiger partial charge in [-0.25, -0.2) is 4.79 Å². The maximum absolute atomic E-state index is 12.9. The lowest BCUT2D eigenvalue weighted by Gasteiger charge is -2.19. The second-order valence-electron chi connectivity index (χ2n) is 9.75. The number of oxazole rings is 1. The lowest BCUT2D eigenvalue weighted by Crippen LogP contribution is -2.42. The third kappa shape index (κ3) is 7.08. The van der Waals surface area contributed by atoms with Gasteiger partial charge in [-0.3, -0.25) is 9.36 Å². The minimum atomic E-state index is -0.584. The smallest absolute Gasteiger partial charge is 0.408 e. The Morgan fingerprint density at radius 2 is 1.81 bits per heavy atom. The van der Waals surface area contributed by atoms with Crippen molar-refractivity contribution in [1.29, 1.82) is 5.26 Å². The molecule has 2 aromatic carbocycles. The molecule has 1 aromatic heterocycles. The molecule has 3 aromatic rings. The van der Waals surface area contributed by atoms with Crippen LogP contribution < -0.4 is 16.4 Å². The van der Waals surface area contributed by atoms with E-state index in [4.69, 9.17) is 4.42 Å². The Bertz CT molecular complexity index is 1240. The van der Waals surface area contributed by atoms with E-state index in [0.717, 1.165) is 47.4 Å². The van der Waals surface area contributed by atoms with E-state index in [9.17, 15) is 14.9 Å². The van der Waals surface area contributed by atoms with Crippen molar-refractivity contribution in [2.24, 2.45) is 18.9 Å². The SMILES string of the molecule is CCC(C)CCCCC(CNC)C(=O)N[C@H](C#N)Cc1ccc(-c2ccc3oc(=O)n(C)c3c2)cc1. The molecule has 7 heteroatoms. The van der Waals surface area contributed by atoms with Crippen LogP contribution in [-0.4, -0.2) is 30.1 Å². The van der Waals surface area contributed by atoms with Crippen LogP contribution in [0.2, 0.25) is 0 Å². The zero-order valence-electron chi connectivity index (χ0n) is 21.8. The third-order valence-electron chi connectivity index (χ3n) is 7.01. The Balaban J connectivity index is 1.60. The van der Waals surface area contributed by atoms with Crippen molar-refractivity contribution in [2.75, 3.05) is 13.6 Å². The van der Waals surface area contributed by atoms with E-state index < -0.39 is 6.04 Å². The molecule has 1 amide bonds. The molecule has 0 saturated heterocycles. The average molecular weight is 491 g/mol.